The van der Waals surface area contributed by atoms with E-state index in [0.29, 0.717) is 17.5 Å². The Labute approximate surface area is 139 Å². The molecule has 22 heavy (non-hydrogen) atoms. The van der Waals surface area contributed by atoms with Crippen LogP contribution in [-0.2, 0) is 6.54 Å². The molecule has 0 spiro atoms. The third kappa shape index (κ3) is 3.75. The Morgan fingerprint density at radius 1 is 0.727 bits per heavy atom. The lowest BCUT2D eigenvalue weighted by Crippen LogP contribution is -2.03. The molecule has 110 valence electrons. The van der Waals surface area contributed by atoms with E-state index in [2.05, 4.69) is 15.3 Å². The van der Waals surface area contributed by atoms with Gasteiger partial charge in [-0.15, -0.1) is 0 Å². The number of nitrogens with one attached hydrogen (secondary N) is 1. The number of aromatic nitrogens is 2. The Morgan fingerprint density at radius 3 is 1.86 bits per heavy atom. The molecule has 3 aromatic rings. The summed E-state index contributed by atoms with van der Waals surface area (Å²) in [7, 11) is 0. The van der Waals surface area contributed by atoms with Crippen LogP contribution < -0.4 is 5.32 Å². The molecule has 5 heteroatoms. The fourth-order valence-electron chi connectivity index (χ4n) is 1.99. The maximum atomic E-state index is 5.88. The van der Waals surface area contributed by atoms with Crippen LogP contribution in [0.3, 0.4) is 0 Å². The predicted molar refractivity (Wildman–Crippen MR) is 91.3 cm³/mol. The van der Waals surface area contributed by atoms with Crippen molar-refractivity contribution in [2.75, 3.05) is 5.32 Å². The molecule has 1 N–H and O–H groups in total. The highest BCUT2D eigenvalue weighted by molar-refractivity contribution is 6.30. The summed E-state index contributed by atoms with van der Waals surface area (Å²) in [6, 6.07) is 15.3. The molecule has 0 atom stereocenters. The quantitative estimate of drug-likeness (QED) is 0.726. The molecule has 0 saturated carbocycles. The van der Waals surface area contributed by atoms with Crippen LogP contribution in [0.5, 0.6) is 0 Å². The zero-order valence-corrected chi connectivity index (χ0v) is 13.1. The SMILES string of the molecule is Clc1ccc(CNc2ncc(-c3ccc(Cl)cc3)cn2)cc1. The lowest BCUT2D eigenvalue weighted by atomic mass is 10.1. The van der Waals surface area contributed by atoms with Gasteiger partial charge in [0.05, 0.1) is 0 Å². The average Bonchev–Trinajstić information content (AvgIpc) is 2.56. The predicted octanol–water partition coefficient (Wildman–Crippen LogP) is 5.06. The van der Waals surface area contributed by atoms with Crippen LogP contribution in [0, 0.1) is 0 Å². The van der Waals surface area contributed by atoms with Gasteiger partial charge in [-0.1, -0.05) is 47.5 Å². The Bertz CT molecular complexity index is 738. The van der Waals surface area contributed by atoms with E-state index in [0.717, 1.165) is 21.7 Å². The molecular weight excluding hydrogens is 317 g/mol. The van der Waals surface area contributed by atoms with Gasteiger partial charge < -0.3 is 5.32 Å². The molecule has 0 aliphatic rings. The number of hydrogen-bond acceptors (Lipinski definition) is 3. The zero-order chi connectivity index (χ0) is 15.4. The molecule has 0 saturated heterocycles. The van der Waals surface area contributed by atoms with E-state index < -0.39 is 0 Å². The van der Waals surface area contributed by atoms with Crippen molar-refractivity contribution < 1.29 is 0 Å². The first kappa shape index (κ1) is 14.8. The maximum absolute atomic E-state index is 5.88. The molecule has 0 bridgehead atoms. The van der Waals surface area contributed by atoms with Crippen molar-refractivity contribution in [2.24, 2.45) is 0 Å². The summed E-state index contributed by atoms with van der Waals surface area (Å²) in [5.41, 5.74) is 3.11. The van der Waals surface area contributed by atoms with E-state index in [9.17, 15) is 0 Å². The van der Waals surface area contributed by atoms with Crippen LogP contribution in [0.15, 0.2) is 60.9 Å². The van der Waals surface area contributed by atoms with Gasteiger partial charge in [-0.25, -0.2) is 9.97 Å². The van der Waals surface area contributed by atoms with Crippen LogP contribution in [0.25, 0.3) is 11.1 Å². The van der Waals surface area contributed by atoms with E-state index in [1.807, 2.05) is 48.5 Å². The minimum Gasteiger partial charge on any atom is -0.350 e. The molecule has 0 aliphatic carbocycles. The molecule has 0 amide bonds. The normalized spacial score (nSPS) is 10.5. The molecule has 0 aliphatic heterocycles. The van der Waals surface area contributed by atoms with Gasteiger partial charge in [0.15, 0.2) is 0 Å². The van der Waals surface area contributed by atoms with Gasteiger partial charge in [-0.3, -0.25) is 0 Å². The van der Waals surface area contributed by atoms with Gasteiger partial charge in [0.25, 0.3) is 0 Å². The summed E-state index contributed by atoms with van der Waals surface area (Å²) in [4.78, 5) is 8.66. The molecule has 0 unspecified atom stereocenters. The molecule has 1 aromatic heterocycles. The highest BCUT2D eigenvalue weighted by atomic mass is 35.5. The molecular formula is C17H13Cl2N3. The van der Waals surface area contributed by atoms with Crippen LogP contribution in [0.4, 0.5) is 5.95 Å². The summed E-state index contributed by atoms with van der Waals surface area (Å²) in [6.45, 7) is 0.650. The monoisotopic (exact) mass is 329 g/mol. The van der Waals surface area contributed by atoms with E-state index in [-0.39, 0.29) is 0 Å². The third-order valence-corrected chi connectivity index (χ3v) is 3.70. The first-order valence-corrected chi connectivity index (χ1v) is 7.52. The maximum Gasteiger partial charge on any atom is 0.222 e. The fourth-order valence-corrected chi connectivity index (χ4v) is 2.25. The number of halogens is 2. The van der Waals surface area contributed by atoms with Crippen LogP contribution >= 0.6 is 23.2 Å². The van der Waals surface area contributed by atoms with Crippen LogP contribution in [0.2, 0.25) is 10.0 Å². The van der Waals surface area contributed by atoms with Crippen molar-refractivity contribution in [1.29, 1.82) is 0 Å². The van der Waals surface area contributed by atoms with Gasteiger partial charge in [-0.2, -0.15) is 0 Å². The highest BCUT2D eigenvalue weighted by Gasteiger charge is 2.01. The molecule has 3 rings (SSSR count). The number of benzene rings is 2. The second-order valence-electron chi connectivity index (χ2n) is 4.78. The van der Waals surface area contributed by atoms with Gasteiger partial charge in [-0.05, 0) is 35.4 Å². The highest BCUT2D eigenvalue weighted by Crippen LogP contribution is 2.20. The largest absolute Gasteiger partial charge is 0.350 e. The van der Waals surface area contributed by atoms with Gasteiger partial charge >= 0.3 is 0 Å². The fraction of sp³-hybridized carbons (Fsp3) is 0.0588. The van der Waals surface area contributed by atoms with Crippen LogP contribution in [-0.4, -0.2) is 9.97 Å². The van der Waals surface area contributed by atoms with Gasteiger partial charge in [0.2, 0.25) is 5.95 Å². The first-order valence-electron chi connectivity index (χ1n) is 6.77. The lowest BCUT2D eigenvalue weighted by Gasteiger charge is -2.06. The molecule has 0 fully saturated rings. The second-order valence-corrected chi connectivity index (χ2v) is 5.66. The van der Waals surface area contributed by atoms with Crippen LogP contribution in [0.1, 0.15) is 5.56 Å². The second kappa shape index (κ2) is 6.77. The van der Waals surface area contributed by atoms with Crippen molar-refractivity contribution in [3.05, 3.63) is 76.5 Å². The van der Waals surface area contributed by atoms with E-state index >= 15 is 0 Å². The molecule has 1 heterocycles. The number of hydrogen-bond donors (Lipinski definition) is 1. The molecule has 3 nitrogen and oxygen atoms in total. The summed E-state index contributed by atoms with van der Waals surface area (Å²) >= 11 is 11.7. The smallest absolute Gasteiger partial charge is 0.222 e. The van der Waals surface area contributed by atoms with Crippen molar-refractivity contribution in [2.45, 2.75) is 6.54 Å². The van der Waals surface area contributed by atoms with Crippen molar-refractivity contribution in [3.63, 3.8) is 0 Å². The van der Waals surface area contributed by atoms with E-state index in [4.69, 9.17) is 23.2 Å². The van der Waals surface area contributed by atoms with Crippen molar-refractivity contribution in [3.8, 4) is 11.1 Å². The Kier molecular flexibility index (Phi) is 4.56. The number of anilines is 1. The van der Waals surface area contributed by atoms with Crippen molar-refractivity contribution >= 4 is 29.2 Å². The number of rotatable bonds is 4. The number of nitrogens with zero attached hydrogens (tertiary/aromatic N) is 2. The van der Waals surface area contributed by atoms with Crippen molar-refractivity contribution in [1.82, 2.24) is 9.97 Å². The molecule has 0 radical (unpaired) electrons. The minimum absolute atomic E-state index is 0.590. The summed E-state index contributed by atoms with van der Waals surface area (Å²) in [6.07, 6.45) is 3.58. The van der Waals surface area contributed by atoms with Gasteiger partial charge in [0, 0.05) is 34.5 Å². The van der Waals surface area contributed by atoms with E-state index in [1.165, 1.54) is 0 Å². The Hall–Kier alpha value is -2.10. The summed E-state index contributed by atoms with van der Waals surface area (Å²) in [5.74, 6) is 0.590. The minimum atomic E-state index is 0.590. The lowest BCUT2D eigenvalue weighted by molar-refractivity contribution is 1.06. The summed E-state index contributed by atoms with van der Waals surface area (Å²) < 4.78 is 0. The van der Waals surface area contributed by atoms with E-state index in [1.54, 1.807) is 12.4 Å². The standard InChI is InChI=1S/C17H13Cl2N3/c18-15-5-1-12(2-6-15)9-20-17-21-10-14(11-22-17)13-3-7-16(19)8-4-13/h1-8,10-11H,9H2,(H,20,21,22). The zero-order valence-electron chi connectivity index (χ0n) is 11.6. The third-order valence-electron chi connectivity index (χ3n) is 3.19. The summed E-state index contributed by atoms with van der Waals surface area (Å²) in [5, 5.41) is 4.62. The Morgan fingerprint density at radius 2 is 1.27 bits per heavy atom. The first-order chi connectivity index (χ1) is 10.7. The Balaban J connectivity index is 1.66. The van der Waals surface area contributed by atoms with Gasteiger partial charge in [0.1, 0.15) is 0 Å². The topological polar surface area (TPSA) is 37.8 Å². The molecule has 2 aromatic carbocycles. The average molecular weight is 330 g/mol.